The third kappa shape index (κ3) is 4.55. The highest BCUT2D eigenvalue weighted by molar-refractivity contribution is 8.76. The molecule has 2 saturated heterocycles. The molecule has 0 radical (unpaired) electrons. The fourth-order valence-corrected chi connectivity index (χ4v) is 5.54. The molecule has 2 aromatic rings. The molecule has 2 heterocycles. The highest BCUT2D eigenvalue weighted by Crippen LogP contribution is 2.37. The highest BCUT2D eigenvalue weighted by Gasteiger charge is 2.20. The van der Waals surface area contributed by atoms with E-state index < -0.39 is 0 Å². The predicted octanol–water partition coefficient (Wildman–Crippen LogP) is 4.96. The van der Waals surface area contributed by atoms with Crippen molar-refractivity contribution in [1.29, 1.82) is 0 Å². The van der Waals surface area contributed by atoms with Crippen molar-refractivity contribution >= 4 is 33.4 Å². The first-order valence-electron chi connectivity index (χ1n) is 9.84. The lowest BCUT2D eigenvalue weighted by Crippen LogP contribution is -2.27. The van der Waals surface area contributed by atoms with Crippen LogP contribution in [0.2, 0.25) is 0 Å². The topological polar surface area (TPSA) is 40.6 Å². The van der Waals surface area contributed by atoms with Crippen LogP contribution in [0.1, 0.15) is 46.4 Å². The number of likely N-dealkylation sites (tertiary alicyclic amines) is 2. The second-order valence-corrected chi connectivity index (χ2v) is 9.49. The van der Waals surface area contributed by atoms with Crippen LogP contribution in [-0.2, 0) is 0 Å². The smallest absolute Gasteiger partial charge is 0.253 e. The summed E-state index contributed by atoms with van der Waals surface area (Å²) in [5, 5.41) is 0. The van der Waals surface area contributed by atoms with Crippen molar-refractivity contribution in [3.05, 3.63) is 59.7 Å². The third-order valence-corrected chi connectivity index (χ3v) is 7.64. The molecule has 0 unspecified atom stereocenters. The number of nitrogens with zero attached hydrogens (tertiary/aromatic N) is 2. The van der Waals surface area contributed by atoms with E-state index in [0.29, 0.717) is 0 Å². The van der Waals surface area contributed by atoms with Crippen molar-refractivity contribution in [3.63, 3.8) is 0 Å². The Morgan fingerprint density at radius 2 is 0.893 bits per heavy atom. The van der Waals surface area contributed by atoms with Crippen LogP contribution in [0.3, 0.4) is 0 Å². The maximum Gasteiger partial charge on any atom is 0.253 e. The van der Waals surface area contributed by atoms with Gasteiger partial charge >= 0.3 is 0 Å². The Hall–Kier alpha value is -1.92. The number of benzene rings is 2. The van der Waals surface area contributed by atoms with E-state index in [1.807, 2.05) is 58.3 Å². The number of rotatable bonds is 5. The molecule has 28 heavy (non-hydrogen) atoms. The van der Waals surface area contributed by atoms with Gasteiger partial charge < -0.3 is 9.80 Å². The average molecular weight is 413 g/mol. The van der Waals surface area contributed by atoms with E-state index in [-0.39, 0.29) is 11.8 Å². The Kier molecular flexibility index (Phi) is 6.27. The van der Waals surface area contributed by atoms with Crippen molar-refractivity contribution < 1.29 is 9.59 Å². The largest absolute Gasteiger partial charge is 0.339 e. The van der Waals surface area contributed by atoms with Gasteiger partial charge in [0.15, 0.2) is 0 Å². The zero-order chi connectivity index (χ0) is 19.3. The Morgan fingerprint density at radius 3 is 1.21 bits per heavy atom. The first-order chi connectivity index (χ1) is 13.7. The van der Waals surface area contributed by atoms with Gasteiger partial charge in [0.05, 0.1) is 0 Å². The molecule has 4 nitrogen and oxygen atoms in total. The minimum Gasteiger partial charge on any atom is -0.339 e. The number of hydrogen-bond acceptors (Lipinski definition) is 4. The van der Waals surface area contributed by atoms with Gasteiger partial charge in [-0.3, -0.25) is 9.59 Å². The molecule has 0 aromatic heterocycles. The summed E-state index contributed by atoms with van der Waals surface area (Å²) in [6.45, 7) is 3.51. The summed E-state index contributed by atoms with van der Waals surface area (Å²) in [7, 11) is 3.32. The van der Waals surface area contributed by atoms with Gasteiger partial charge in [0, 0.05) is 47.1 Å². The number of hydrogen-bond donors (Lipinski definition) is 0. The molecule has 0 saturated carbocycles. The summed E-state index contributed by atoms with van der Waals surface area (Å²) in [6.07, 6.45) is 4.44. The van der Waals surface area contributed by atoms with Crippen LogP contribution >= 0.6 is 21.6 Å². The molecule has 0 atom stereocenters. The van der Waals surface area contributed by atoms with Crippen LogP contribution in [0.4, 0.5) is 0 Å². The van der Waals surface area contributed by atoms with Crippen molar-refractivity contribution in [1.82, 2.24) is 9.80 Å². The molecule has 0 N–H and O–H groups in total. The Balaban J connectivity index is 1.31. The monoisotopic (exact) mass is 412 g/mol. The average Bonchev–Trinajstić information content (AvgIpc) is 3.46. The van der Waals surface area contributed by atoms with E-state index in [1.165, 1.54) is 0 Å². The first kappa shape index (κ1) is 19.4. The quantitative estimate of drug-likeness (QED) is 0.651. The predicted molar refractivity (Wildman–Crippen MR) is 115 cm³/mol. The molecule has 0 aliphatic carbocycles. The van der Waals surface area contributed by atoms with Crippen molar-refractivity contribution in [2.75, 3.05) is 26.2 Å². The summed E-state index contributed by atoms with van der Waals surface area (Å²) in [5.74, 6) is 0.278. The maximum atomic E-state index is 12.4. The van der Waals surface area contributed by atoms with E-state index in [9.17, 15) is 9.59 Å². The molecule has 2 aliphatic heterocycles. The van der Waals surface area contributed by atoms with Crippen LogP contribution in [-0.4, -0.2) is 47.8 Å². The molecule has 2 amide bonds. The van der Waals surface area contributed by atoms with Crippen LogP contribution in [0, 0.1) is 0 Å². The highest BCUT2D eigenvalue weighted by atomic mass is 33.1. The summed E-state index contributed by atoms with van der Waals surface area (Å²) in [4.78, 5) is 30.9. The fraction of sp³-hybridized carbons (Fsp3) is 0.364. The Morgan fingerprint density at radius 1 is 0.571 bits per heavy atom. The van der Waals surface area contributed by atoms with Crippen LogP contribution < -0.4 is 0 Å². The Bertz CT molecular complexity index is 753. The van der Waals surface area contributed by atoms with E-state index in [0.717, 1.165) is 72.8 Å². The van der Waals surface area contributed by atoms with E-state index in [2.05, 4.69) is 0 Å². The summed E-state index contributed by atoms with van der Waals surface area (Å²) in [6, 6.07) is 15.7. The third-order valence-electron chi connectivity index (χ3n) is 5.22. The standard InChI is InChI=1S/C22H24N2O2S2/c25-21(23-13-1-2-14-23)17-5-9-19(10-6-17)27-28-20-11-7-18(8-12-20)22(26)24-15-3-4-16-24/h5-12H,1-4,13-16H2. The lowest BCUT2D eigenvalue weighted by Gasteiger charge is -2.15. The normalized spacial score (nSPS) is 16.6. The van der Waals surface area contributed by atoms with Gasteiger partial charge in [-0.25, -0.2) is 0 Å². The zero-order valence-corrected chi connectivity index (χ0v) is 17.4. The molecule has 146 valence electrons. The lowest BCUT2D eigenvalue weighted by molar-refractivity contribution is 0.0785. The fourth-order valence-electron chi connectivity index (χ4n) is 3.61. The van der Waals surface area contributed by atoms with E-state index >= 15 is 0 Å². The van der Waals surface area contributed by atoms with Gasteiger partial charge in [-0.2, -0.15) is 0 Å². The summed E-state index contributed by atoms with van der Waals surface area (Å²) in [5.41, 5.74) is 1.53. The molecular formula is C22H24N2O2S2. The molecule has 6 heteroatoms. The Labute approximate surface area is 174 Å². The minimum absolute atomic E-state index is 0.139. The second kappa shape index (κ2) is 9.05. The SMILES string of the molecule is O=C(c1ccc(SSc2ccc(C(=O)N3CCCC3)cc2)cc1)N1CCCC1. The lowest BCUT2D eigenvalue weighted by atomic mass is 10.2. The van der Waals surface area contributed by atoms with Gasteiger partial charge in [0.2, 0.25) is 0 Å². The van der Waals surface area contributed by atoms with Crippen LogP contribution in [0.25, 0.3) is 0 Å². The van der Waals surface area contributed by atoms with Crippen LogP contribution in [0.15, 0.2) is 58.3 Å². The molecule has 2 fully saturated rings. The molecule has 2 aliphatic rings. The van der Waals surface area contributed by atoms with Crippen molar-refractivity contribution in [3.8, 4) is 0 Å². The summed E-state index contributed by atoms with van der Waals surface area (Å²) >= 11 is 0. The van der Waals surface area contributed by atoms with E-state index in [4.69, 9.17) is 0 Å². The van der Waals surface area contributed by atoms with Gasteiger partial charge in [-0.15, -0.1) is 0 Å². The first-order valence-corrected chi connectivity index (χ1v) is 12.0. The van der Waals surface area contributed by atoms with Gasteiger partial charge in [-0.05, 0) is 74.2 Å². The molecule has 4 rings (SSSR count). The van der Waals surface area contributed by atoms with Gasteiger partial charge in [0.1, 0.15) is 0 Å². The minimum atomic E-state index is 0.139. The number of amides is 2. The van der Waals surface area contributed by atoms with E-state index in [1.54, 1.807) is 21.6 Å². The van der Waals surface area contributed by atoms with Gasteiger partial charge in [-0.1, -0.05) is 21.6 Å². The zero-order valence-electron chi connectivity index (χ0n) is 15.8. The van der Waals surface area contributed by atoms with Crippen molar-refractivity contribution in [2.24, 2.45) is 0 Å². The molecule has 2 aromatic carbocycles. The number of carbonyl (C=O) groups is 2. The summed E-state index contributed by atoms with van der Waals surface area (Å²) < 4.78 is 0. The second-order valence-electron chi connectivity index (χ2n) is 7.21. The van der Waals surface area contributed by atoms with Crippen LogP contribution in [0.5, 0.6) is 0 Å². The molecule has 0 bridgehead atoms. The molecule has 0 spiro atoms. The molecular weight excluding hydrogens is 388 g/mol. The maximum absolute atomic E-state index is 12.4. The number of carbonyl (C=O) groups excluding carboxylic acids is 2. The van der Waals surface area contributed by atoms with Crippen molar-refractivity contribution in [2.45, 2.75) is 35.5 Å². The van der Waals surface area contributed by atoms with Gasteiger partial charge in [0.25, 0.3) is 11.8 Å².